The van der Waals surface area contributed by atoms with Gasteiger partial charge in [-0.1, -0.05) is 56.3 Å². The number of carbonyl (C=O) groups excluding carboxylic acids is 1. The molecule has 22 heavy (non-hydrogen) atoms. The summed E-state index contributed by atoms with van der Waals surface area (Å²) in [6, 6.07) is 10.2. The number of hydrogen-bond acceptors (Lipinski definition) is 3. The van der Waals surface area contributed by atoms with Gasteiger partial charge in [-0.15, -0.1) is 0 Å². The first kappa shape index (κ1) is 18.4. The van der Waals surface area contributed by atoms with E-state index in [1.54, 1.807) is 13.8 Å². The van der Waals surface area contributed by atoms with Crippen LogP contribution in [0.1, 0.15) is 32.3 Å². The molecular weight excluding hydrogens is 278 g/mol. The molecule has 1 rings (SSSR count). The molecule has 4 heteroatoms. The first-order chi connectivity index (χ1) is 10.5. The molecule has 0 saturated heterocycles. The quantitative estimate of drug-likeness (QED) is 0.483. The second kappa shape index (κ2) is 9.38. The summed E-state index contributed by atoms with van der Waals surface area (Å²) in [5, 5.41) is 21.7. The van der Waals surface area contributed by atoms with Gasteiger partial charge in [-0.25, -0.2) is 0 Å². The van der Waals surface area contributed by atoms with E-state index in [2.05, 4.69) is 29.6 Å². The van der Waals surface area contributed by atoms with E-state index in [4.69, 9.17) is 5.11 Å². The second-order valence-corrected chi connectivity index (χ2v) is 6.14. The molecule has 0 saturated carbocycles. The van der Waals surface area contributed by atoms with Crippen molar-refractivity contribution in [2.24, 2.45) is 5.41 Å². The van der Waals surface area contributed by atoms with Crippen molar-refractivity contribution in [2.45, 2.75) is 39.2 Å². The molecular formula is C18H27NO3. The van der Waals surface area contributed by atoms with Crippen LogP contribution >= 0.6 is 0 Å². The predicted octanol–water partition coefficient (Wildman–Crippen LogP) is 2.06. The second-order valence-electron chi connectivity index (χ2n) is 6.14. The summed E-state index contributed by atoms with van der Waals surface area (Å²) in [6.07, 6.45) is 5.66. The number of carbonyl (C=O) groups is 1. The molecule has 0 aromatic heterocycles. The maximum Gasteiger partial charge on any atom is 0.249 e. The van der Waals surface area contributed by atoms with Crippen molar-refractivity contribution in [3.05, 3.63) is 48.0 Å². The Labute approximate surface area is 132 Å². The largest absolute Gasteiger partial charge is 0.396 e. The smallest absolute Gasteiger partial charge is 0.249 e. The number of nitrogens with one attached hydrogen (secondary N) is 1. The maximum absolute atomic E-state index is 11.7. The van der Waals surface area contributed by atoms with E-state index < -0.39 is 17.4 Å². The van der Waals surface area contributed by atoms with E-state index in [1.807, 2.05) is 18.2 Å². The molecule has 0 unspecified atom stereocenters. The number of allylic oxidation sites excluding steroid dienone is 2. The molecule has 3 N–H and O–H groups in total. The molecule has 0 spiro atoms. The molecule has 1 atom stereocenters. The number of aliphatic hydroxyl groups excluding tert-OH is 2. The number of benzene rings is 1. The Kier molecular flexibility index (Phi) is 7.85. The van der Waals surface area contributed by atoms with Gasteiger partial charge in [0.05, 0.1) is 6.61 Å². The topological polar surface area (TPSA) is 69.6 Å². The molecule has 0 bridgehead atoms. The first-order valence-corrected chi connectivity index (χ1v) is 7.73. The Morgan fingerprint density at radius 3 is 2.59 bits per heavy atom. The average Bonchev–Trinajstić information content (AvgIpc) is 2.54. The predicted molar refractivity (Wildman–Crippen MR) is 88.4 cm³/mol. The van der Waals surface area contributed by atoms with Crippen molar-refractivity contribution in [1.82, 2.24) is 5.32 Å². The van der Waals surface area contributed by atoms with Gasteiger partial charge < -0.3 is 15.5 Å². The summed E-state index contributed by atoms with van der Waals surface area (Å²) in [6.45, 7) is 3.60. The van der Waals surface area contributed by atoms with Gasteiger partial charge in [-0.05, 0) is 24.8 Å². The van der Waals surface area contributed by atoms with Gasteiger partial charge in [0.15, 0.2) is 0 Å². The van der Waals surface area contributed by atoms with E-state index >= 15 is 0 Å². The van der Waals surface area contributed by atoms with Crippen LogP contribution in [0.5, 0.6) is 0 Å². The van der Waals surface area contributed by atoms with Crippen LogP contribution in [0.3, 0.4) is 0 Å². The Morgan fingerprint density at radius 2 is 1.95 bits per heavy atom. The number of unbranched alkanes of at least 4 members (excludes halogenated alkanes) is 1. The lowest BCUT2D eigenvalue weighted by Crippen LogP contribution is -2.45. The van der Waals surface area contributed by atoms with E-state index in [1.165, 1.54) is 5.56 Å². The minimum Gasteiger partial charge on any atom is -0.396 e. The van der Waals surface area contributed by atoms with Gasteiger partial charge in [0.2, 0.25) is 5.91 Å². The molecule has 0 radical (unpaired) electrons. The lowest BCUT2D eigenvalue weighted by molar-refractivity contribution is -0.137. The van der Waals surface area contributed by atoms with Crippen LogP contribution in [0, 0.1) is 5.41 Å². The molecule has 0 fully saturated rings. The van der Waals surface area contributed by atoms with E-state index in [-0.39, 0.29) is 6.61 Å². The minimum absolute atomic E-state index is 0.232. The van der Waals surface area contributed by atoms with Crippen molar-refractivity contribution < 1.29 is 15.0 Å². The molecule has 0 aliphatic carbocycles. The van der Waals surface area contributed by atoms with Crippen molar-refractivity contribution in [2.75, 3.05) is 13.2 Å². The van der Waals surface area contributed by atoms with Crippen LogP contribution in [0.25, 0.3) is 0 Å². The van der Waals surface area contributed by atoms with Crippen LogP contribution in [0.4, 0.5) is 0 Å². The Morgan fingerprint density at radius 1 is 1.27 bits per heavy atom. The number of rotatable bonds is 9. The Balaban J connectivity index is 2.16. The molecule has 0 aliphatic rings. The summed E-state index contributed by atoms with van der Waals surface area (Å²) in [5.41, 5.74) is 0.459. The van der Waals surface area contributed by atoms with Crippen LogP contribution in [0.2, 0.25) is 0 Å². The van der Waals surface area contributed by atoms with Gasteiger partial charge in [0.25, 0.3) is 0 Å². The summed E-state index contributed by atoms with van der Waals surface area (Å²) in [7, 11) is 0. The van der Waals surface area contributed by atoms with Gasteiger partial charge in [0.1, 0.15) is 6.10 Å². The monoisotopic (exact) mass is 305 g/mol. The summed E-state index contributed by atoms with van der Waals surface area (Å²) < 4.78 is 0. The lowest BCUT2D eigenvalue weighted by atomic mass is 9.87. The van der Waals surface area contributed by atoms with Crippen molar-refractivity contribution in [3.63, 3.8) is 0 Å². The standard InChI is InChI=1S/C18H27NO3/c1-18(2,14-20)16(21)17(22)19-13-9-4-3-6-10-15-11-7-5-8-12-15/h3,5-8,11-12,16,20-21H,4,9-10,13-14H2,1-2H3,(H,19,22)/b6-3+/t16-/m0/s1. The fraction of sp³-hybridized carbons (Fsp3) is 0.500. The molecule has 1 amide bonds. The van der Waals surface area contributed by atoms with Crippen LogP contribution < -0.4 is 5.32 Å². The zero-order valence-electron chi connectivity index (χ0n) is 13.5. The summed E-state index contributed by atoms with van der Waals surface area (Å²) >= 11 is 0. The summed E-state index contributed by atoms with van der Waals surface area (Å²) in [4.78, 5) is 11.7. The molecule has 1 aromatic carbocycles. The van der Waals surface area contributed by atoms with Gasteiger partial charge in [-0.3, -0.25) is 4.79 Å². The number of hydrogen-bond donors (Lipinski definition) is 3. The Bertz CT molecular complexity index is 468. The zero-order chi connectivity index (χ0) is 16.4. The fourth-order valence-electron chi connectivity index (χ4n) is 1.92. The highest BCUT2D eigenvalue weighted by Crippen LogP contribution is 2.19. The minimum atomic E-state index is -1.19. The fourth-order valence-corrected chi connectivity index (χ4v) is 1.92. The normalized spacial score (nSPS) is 13.3. The van der Waals surface area contributed by atoms with Gasteiger partial charge in [-0.2, -0.15) is 0 Å². The lowest BCUT2D eigenvalue weighted by Gasteiger charge is -2.27. The van der Waals surface area contributed by atoms with Crippen molar-refractivity contribution >= 4 is 5.91 Å². The molecule has 1 aromatic rings. The van der Waals surface area contributed by atoms with E-state index in [0.29, 0.717) is 6.54 Å². The van der Waals surface area contributed by atoms with Crippen LogP contribution in [-0.4, -0.2) is 35.4 Å². The molecule has 4 nitrogen and oxygen atoms in total. The van der Waals surface area contributed by atoms with Gasteiger partial charge in [0, 0.05) is 12.0 Å². The number of amides is 1. The van der Waals surface area contributed by atoms with Crippen LogP contribution in [-0.2, 0) is 11.2 Å². The zero-order valence-corrected chi connectivity index (χ0v) is 13.5. The van der Waals surface area contributed by atoms with Gasteiger partial charge >= 0.3 is 0 Å². The highest BCUT2D eigenvalue weighted by Gasteiger charge is 2.32. The molecule has 0 heterocycles. The third-order valence-electron chi connectivity index (χ3n) is 3.61. The maximum atomic E-state index is 11.7. The Hall–Kier alpha value is -1.65. The van der Waals surface area contributed by atoms with E-state index in [9.17, 15) is 9.90 Å². The highest BCUT2D eigenvalue weighted by atomic mass is 16.3. The van der Waals surface area contributed by atoms with Crippen molar-refractivity contribution in [3.8, 4) is 0 Å². The van der Waals surface area contributed by atoms with Crippen LogP contribution in [0.15, 0.2) is 42.5 Å². The average molecular weight is 305 g/mol. The van der Waals surface area contributed by atoms with E-state index in [0.717, 1.165) is 19.3 Å². The number of aliphatic hydroxyl groups is 2. The first-order valence-electron chi connectivity index (χ1n) is 7.73. The molecule has 122 valence electrons. The molecule has 0 aliphatic heterocycles. The SMILES string of the molecule is CC(C)(CO)[C@@H](O)C(=O)NCCC/C=C/Cc1ccccc1. The van der Waals surface area contributed by atoms with Crippen molar-refractivity contribution in [1.29, 1.82) is 0 Å². The highest BCUT2D eigenvalue weighted by molar-refractivity contribution is 5.81. The third kappa shape index (κ3) is 6.41. The third-order valence-corrected chi connectivity index (χ3v) is 3.61. The summed E-state index contributed by atoms with van der Waals surface area (Å²) in [5.74, 6) is -0.424.